The SMILES string of the molecule is CC(N)C1CCCN(Cc2ccc3c(c2)CCC3)C1.Cl. The summed E-state index contributed by atoms with van der Waals surface area (Å²) < 4.78 is 0. The maximum absolute atomic E-state index is 6.07. The summed E-state index contributed by atoms with van der Waals surface area (Å²) in [6, 6.07) is 7.46. The summed E-state index contributed by atoms with van der Waals surface area (Å²) in [5, 5.41) is 0. The summed E-state index contributed by atoms with van der Waals surface area (Å²) in [7, 11) is 0. The molecule has 2 aliphatic rings. The van der Waals surface area contributed by atoms with Crippen LogP contribution in [0.15, 0.2) is 18.2 Å². The first-order valence-electron chi connectivity index (χ1n) is 7.81. The Labute approximate surface area is 129 Å². The Kier molecular flexibility index (Phi) is 5.48. The van der Waals surface area contributed by atoms with Gasteiger partial charge in [-0.25, -0.2) is 0 Å². The molecule has 1 aromatic carbocycles. The molecule has 3 rings (SSSR count). The Morgan fingerprint density at radius 1 is 1.25 bits per heavy atom. The third-order valence-corrected chi connectivity index (χ3v) is 4.85. The van der Waals surface area contributed by atoms with E-state index >= 15 is 0 Å². The van der Waals surface area contributed by atoms with E-state index in [1.165, 1.54) is 50.8 Å². The van der Waals surface area contributed by atoms with Crippen molar-refractivity contribution >= 4 is 12.4 Å². The van der Waals surface area contributed by atoms with Crippen LogP contribution < -0.4 is 5.73 Å². The minimum absolute atomic E-state index is 0. The molecule has 3 heteroatoms. The van der Waals surface area contributed by atoms with Crippen molar-refractivity contribution in [3.05, 3.63) is 34.9 Å². The molecule has 2 unspecified atom stereocenters. The minimum Gasteiger partial charge on any atom is -0.328 e. The third kappa shape index (κ3) is 3.55. The lowest BCUT2D eigenvalue weighted by atomic mass is 9.92. The summed E-state index contributed by atoms with van der Waals surface area (Å²) >= 11 is 0. The second kappa shape index (κ2) is 6.93. The van der Waals surface area contributed by atoms with Crippen molar-refractivity contribution in [3.8, 4) is 0 Å². The summed E-state index contributed by atoms with van der Waals surface area (Å²) in [4.78, 5) is 2.59. The highest BCUT2D eigenvalue weighted by Gasteiger charge is 2.22. The van der Waals surface area contributed by atoms with Gasteiger partial charge in [0.1, 0.15) is 0 Å². The highest BCUT2D eigenvalue weighted by molar-refractivity contribution is 5.85. The lowest BCUT2D eigenvalue weighted by Crippen LogP contribution is -2.41. The molecule has 0 amide bonds. The van der Waals surface area contributed by atoms with Crippen LogP contribution in [0.3, 0.4) is 0 Å². The second-order valence-electron chi connectivity index (χ2n) is 6.45. The number of fused-ring (bicyclic) bond motifs is 1. The lowest BCUT2D eigenvalue weighted by molar-refractivity contribution is 0.154. The molecule has 0 spiro atoms. The normalized spacial score (nSPS) is 24.0. The molecule has 0 aromatic heterocycles. The Balaban J connectivity index is 0.00000147. The first-order chi connectivity index (χ1) is 9.22. The number of hydrogen-bond donors (Lipinski definition) is 1. The zero-order chi connectivity index (χ0) is 13.2. The molecule has 2 nitrogen and oxygen atoms in total. The fourth-order valence-electron chi connectivity index (χ4n) is 3.65. The Morgan fingerprint density at radius 3 is 2.85 bits per heavy atom. The zero-order valence-electron chi connectivity index (χ0n) is 12.5. The average Bonchev–Trinajstić information content (AvgIpc) is 2.86. The minimum atomic E-state index is 0. The van der Waals surface area contributed by atoms with Crippen molar-refractivity contribution in [2.45, 2.75) is 51.6 Å². The van der Waals surface area contributed by atoms with Gasteiger partial charge in [-0.15, -0.1) is 12.4 Å². The Bertz CT molecular complexity index is 445. The lowest BCUT2D eigenvalue weighted by Gasteiger charge is -2.34. The summed E-state index contributed by atoms with van der Waals surface area (Å²) in [5.74, 6) is 0.683. The van der Waals surface area contributed by atoms with Gasteiger partial charge in [-0.3, -0.25) is 4.90 Å². The quantitative estimate of drug-likeness (QED) is 0.928. The fraction of sp³-hybridized carbons (Fsp3) is 0.647. The molecule has 1 aromatic rings. The fourth-order valence-corrected chi connectivity index (χ4v) is 3.65. The number of halogens is 1. The largest absolute Gasteiger partial charge is 0.328 e. The highest BCUT2D eigenvalue weighted by atomic mass is 35.5. The number of piperidine rings is 1. The summed E-state index contributed by atoms with van der Waals surface area (Å²) in [6.45, 7) is 5.68. The van der Waals surface area contributed by atoms with Gasteiger partial charge in [0.25, 0.3) is 0 Å². The van der Waals surface area contributed by atoms with Gasteiger partial charge >= 0.3 is 0 Å². The van der Waals surface area contributed by atoms with Crippen molar-refractivity contribution in [1.82, 2.24) is 4.90 Å². The van der Waals surface area contributed by atoms with Gasteiger partial charge in [-0.1, -0.05) is 18.2 Å². The molecule has 1 saturated heterocycles. The molecule has 20 heavy (non-hydrogen) atoms. The molecular weight excluding hydrogens is 268 g/mol. The molecule has 0 bridgehead atoms. The van der Waals surface area contributed by atoms with Crippen molar-refractivity contribution in [3.63, 3.8) is 0 Å². The zero-order valence-corrected chi connectivity index (χ0v) is 13.3. The molecule has 2 atom stereocenters. The van der Waals surface area contributed by atoms with E-state index in [1.807, 2.05) is 0 Å². The second-order valence-corrected chi connectivity index (χ2v) is 6.45. The van der Waals surface area contributed by atoms with E-state index in [1.54, 1.807) is 11.1 Å². The van der Waals surface area contributed by atoms with E-state index in [0.29, 0.717) is 12.0 Å². The number of nitrogens with two attached hydrogens (primary N) is 1. The molecule has 0 radical (unpaired) electrons. The predicted molar refractivity (Wildman–Crippen MR) is 87.4 cm³/mol. The van der Waals surface area contributed by atoms with Crippen LogP contribution >= 0.6 is 12.4 Å². The Morgan fingerprint density at radius 2 is 2.05 bits per heavy atom. The Hall–Kier alpha value is -0.570. The molecular formula is C17H27ClN2. The van der Waals surface area contributed by atoms with E-state index < -0.39 is 0 Å². The first kappa shape index (κ1) is 15.8. The van der Waals surface area contributed by atoms with E-state index in [2.05, 4.69) is 30.0 Å². The van der Waals surface area contributed by atoms with Gasteiger partial charge in [-0.05, 0) is 68.2 Å². The van der Waals surface area contributed by atoms with Crippen molar-refractivity contribution in [2.24, 2.45) is 11.7 Å². The average molecular weight is 295 g/mol. The monoisotopic (exact) mass is 294 g/mol. The third-order valence-electron chi connectivity index (χ3n) is 4.85. The molecule has 2 N–H and O–H groups in total. The predicted octanol–water partition coefficient (Wildman–Crippen LogP) is 3.16. The summed E-state index contributed by atoms with van der Waals surface area (Å²) in [6.07, 6.45) is 6.52. The number of benzene rings is 1. The van der Waals surface area contributed by atoms with Crippen molar-refractivity contribution in [2.75, 3.05) is 13.1 Å². The van der Waals surface area contributed by atoms with Crippen LogP contribution in [0.2, 0.25) is 0 Å². The van der Waals surface area contributed by atoms with Gasteiger partial charge in [0.2, 0.25) is 0 Å². The molecule has 1 aliphatic heterocycles. The van der Waals surface area contributed by atoms with Crippen molar-refractivity contribution < 1.29 is 0 Å². The molecule has 112 valence electrons. The number of aryl methyl sites for hydroxylation is 2. The van der Waals surface area contributed by atoms with Gasteiger partial charge in [-0.2, -0.15) is 0 Å². The smallest absolute Gasteiger partial charge is 0.0233 e. The van der Waals surface area contributed by atoms with Crippen LogP contribution in [0.1, 0.15) is 42.9 Å². The number of rotatable bonds is 3. The van der Waals surface area contributed by atoms with Crippen LogP contribution in [0.25, 0.3) is 0 Å². The molecule has 1 heterocycles. The van der Waals surface area contributed by atoms with Crippen LogP contribution in [0.5, 0.6) is 0 Å². The first-order valence-corrected chi connectivity index (χ1v) is 7.81. The van der Waals surface area contributed by atoms with Gasteiger partial charge in [0.05, 0.1) is 0 Å². The number of hydrogen-bond acceptors (Lipinski definition) is 2. The number of nitrogens with zero attached hydrogens (tertiary/aromatic N) is 1. The van der Waals surface area contributed by atoms with Gasteiger partial charge in [0.15, 0.2) is 0 Å². The van der Waals surface area contributed by atoms with Gasteiger partial charge in [0, 0.05) is 19.1 Å². The summed E-state index contributed by atoms with van der Waals surface area (Å²) in [5.41, 5.74) is 10.7. The molecule has 1 fully saturated rings. The van der Waals surface area contributed by atoms with Gasteiger partial charge < -0.3 is 5.73 Å². The van der Waals surface area contributed by atoms with Crippen molar-refractivity contribution in [1.29, 1.82) is 0 Å². The van der Waals surface area contributed by atoms with E-state index in [9.17, 15) is 0 Å². The molecule has 1 aliphatic carbocycles. The van der Waals surface area contributed by atoms with E-state index in [4.69, 9.17) is 5.73 Å². The maximum Gasteiger partial charge on any atom is 0.0233 e. The number of likely N-dealkylation sites (tertiary alicyclic amines) is 1. The van der Waals surface area contributed by atoms with E-state index in [0.717, 1.165) is 6.54 Å². The van der Waals surface area contributed by atoms with Crippen LogP contribution in [0.4, 0.5) is 0 Å². The standard InChI is InChI=1S/C17H26N2.ClH/c1-13(18)17-6-3-9-19(12-17)11-14-7-8-15-4-2-5-16(15)10-14;/h7-8,10,13,17H,2-6,9,11-12,18H2,1H3;1H. The van der Waals surface area contributed by atoms with Crippen LogP contribution in [0, 0.1) is 5.92 Å². The maximum atomic E-state index is 6.07. The van der Waals surface area contributed by atoms with Crippen LogP contribution in [-0.2, 0) is 19.4 Å². The van der Waals surface area contributed by atoms with E-state index in [-0.39, 0.29) is 12.4 Å². The topological polar surface area (TPSA) is 29.3 Å². The highest BCUT2D eigenvalue weighted by Crippen LogP contribution is 2.25. The molecule has 0 saturated carbocycles. The van der Waals surface area contributed by atoms with Crippen LogP contribution in [-0.4, -0.2) is 24.0 Å².